The Morgan fingerprint density at radius 2 is 1.65 bits per heavy atom. The lowest BCUT2D eigenvalue weighted by molar-refractivity contribution is 0.0955. The van der Waals surface area contributed by atoms with E-state index in [0.717, 1.165) is 34.4 Å². The Hall–Kier alpha value is -3.12. The Morgan fingerprint density at radius 1 is 0.968 bits per heavy atom. The number of amides is 1. The highest BCUT2D eigenvalue weighted by Gasteiger charge is 2.12. The van der Waals surface area contributed by atoms with Gasteiger partial charge >= 0.3 is 0 Å². The minimum absolute atomic E-state index is 0.223. The normalized spacial score (nSPS) is 13.5. The quantitative estimate of drug-likeness (QED) is 0.366. The van der Waals surface area contributed by atoms with Gasteiger partial charge in [0.2, 0.25) is 0 Å². The van der Waals surface area contributed by atoms with Crippen LogP contribution in [0.2, 0.25) is 0 Å². The molecule has 0 radical (unpaired) electrons. The molecule has 158 valence electrons. The highest BCUT2D eigenvalue weighted by Crippen LogP contribution is 2.20. The summed E-state index contributed by atoms with van der Waals surface area (Å²) in [6, 6.07) is 23.3. The zero-order chi connectivity index (χ0) is 21.5. The highest BCUT2D eigenvalue weighted by atomic mass is 79.9. The minimum Gasteiger partial charge on any atom is -0.489 e. The second kappa shape index (κ2) is 10.3. The van der Waals surface area contributed by atoms with Crippen molar-refractivity contribution in [3.8, 4) is 5.75 Å². The van der Waals surface area contributed by atoms with E-state index in [1.54, 1.807) is 6.21 Å². The lowest BCUT2D eigenvalue weighted by Gasteiger charge is -2.17. The molecular formula is C25H24BrN3O2. The molecule has 31 heavy (non-hydrogen) atoms. The largest absolute Gasteiger partial charge is 0.489 e. The minimum atomic E-state index is -0.223. The fraction of sp³-hybridized carbons (Fsp3) is 0.200. The van der Waals surface area contributed by atoms with Gasteiger partial charge in [0.15, 0.2) is 0 Å². The van der Waals surface area contributed by atoms with Gasteiger partial charge < -0.3 is 9.64 Å². The number of nitrogens with one attached hydrogen (secondary N) is 1. The third kappa shape index (κ3) is 5.95. The zero-order valence-electron chi connectivity index (χ0n) is 17.1. The van der Waals surface area contributed by atoms with Crippen molar-refractivity contribution in [2.75, 3.05) is 18.0 Å². The second-order valence-corrected chi connectivity index (χ2v) is 8.34. The number of hydrogen-bond acceptors (Lipinski definition) is 4. The van der Waals surface area contributed by atoms with Gasteiger partial charge in [0, 0.05) is 28.8 Å². The number of halogens is 1. The number of ether oxygens (including phenoxy) is 1. The molecule has 1 saturated heterocycles. The van der Waals surface area contributed by atoms with E-state index in [2.05, 4.69) is 31.4 Å². The van der Waals surface area contributed by atoms with Crippen LogP contribution in [0.15, 0.2) is 82.4 Å². The van der Waals surface area contributed by atoms with Crippen LogP contribution in [0.5, 0.6) is 5.75 Å². The molecule has 5 nitrogen and oxygen atoms in total. The summed E-state index contributed by atoms with van der Waals surface area (Å²) < 4.78 is 6.85. The summed E-state index contributed by atoms with van der Waals surface area (Å²) in [6.07, 6.45) is 4.08. The molecule has 0 atom stereocenters. The van der Waals surface area contributed by atoms with Gasteiger partial charge in [-0.1, -0.05) is 28.1 Å². The van der Waals surface area contributed by atoms with E-state index in [1.165, 1.54) is 18.5 Å². The molecular weight excluding hydrogens is 454 g/mol. The Kier molecular flexibility index (Phi) is 6.99. The van der Waals surface area contributed by atoms with Crippen molar-refractivity contribution in [3.63, 3.8) is 0 Å². The molecule has 0 unspecified atom stereocenters. The van der Waals surface area contributed by atoms with Crippen molar-refractivity contribution in [1.29, 1.82) is 0 Å². The van der Waals surface area contributed by atoms with Crippen LogP contribution in [0.4, 0.5) is 5.69 Å². The van der Waals surface area contributed by atoms with Crippen LogP contribution in [0, 0.1) is 0 Å². The maximum Gasteiger partial charge on any atom is 0.271 e. The first kappa shape index (κ1) is 21.1. The first-order valence-electron chi connectivity index (χ1n) is 10.3. The van der Waals surface area contributed by atoms with Crippen LogP contribution in [-0.2, 0) is 6.61 Å². The van der Waals surface area contributed by atoms with Gasteiger partial charge in [-0.05, 0) is 84.6 Å². The smallest absolute Gasteiger partial charge is 0.271 e. The zero-order valence-corrected chi connectivity index (χ0v) is 18.7. The lowest BCUT2D eigenvalue weighted by Crippen LogP contribution is -2.19. The summed E-state index contributed by atoms with van der Waals surface area (Å²) in [5.41, 5.74) is 6.32. The summed E-state index contributed by atoms with van der Waals surface area (Å²) in [6.45, 7) is 2.68. The van der Waals surface area contributed by atoms with Crippen molar-refractivity contribution in [2.45, 2.75) is 19.4 Å². The molecule has 0 saturated carbocycles. The van der Waals surface area contributed by atoms with Crippen LogP contribution in [-0.4, -0.2) is 25.2 Å². The molecule has 1 amide bonds. The fourth-order valence-corrected chi connectivity index (χ4v) is 3.69. The summed E-state index contributed by atoms with van der Waals surface area (Å²) in [5, 5.41) is 4.07. The number of nitrogens with zero attached hydrogens (tertiary/aromatic N) is 2. The predicted octanol–water partition coefficient (Wildman–Crippen LogP) is 5.39. The third-order valence-corrected chi connectivity index (χ3v) is 5.71. The summed E-state index contributed by atoms with van der Waals surface area (Å²) >= 11 is 3.43. The van der Waals surface area contributed by atoms with Crippen molar-refractivity contribution in [1.82, 2.24) is 5.43 Å². The molecule has 0 aromatic heterocycles. The monoisotopic (exact) mass is 477 g/mol. The Morgan fingerprint density at radius 3 is 2.32 bits per heavy atom. The van der Waals surface area contributed by atoms with E-state index < -0.39 is 0 Å². The third-order valence-electron chi connectivity index (χ3n) is 5.18. The second-order valence-electron chi connectivity index (χ2n) is 7.42. The first-order valence-corrected chi connectivity index (χ1v) is 11.1. The Balaban J connectivity index is 1.26. The molecule has 0 aliphatic carbocycles. The van der Waals surface area contributed by atoms with Crippen LogP contribution in [0.25, 0.3) is 0 Å². The number of hydrazone groups is 1. The standard InChI is InChI=1S/C25H24BrN3O2/c26-22-9-3-20(4-10-22)18-31-24-13-5-19(6-14-24)17-27-28-25(30)21-7-11-23(12-8-21)29-15-1-2-16-29/h3-14,17H,1-2,15-16,18H2,(H,28,30)/b27-17-. The Labute approximate surface area is 190 Å². The molecule has 3 aromatic carbocycles. The molecule has 1 heterocycles. The number of carbonyl (C=O) groups excluding carboxylic acids is 1. The molecule has 3 aromatic rings. The van der Waals surface area contributed by atoms with Gasteiger partial charge in [-0.2, -0.15) is 5.10 Å². The highest BCUT2D eigenvalue weighted by molar-refractivity contribution is 9.10. The predicted molar refractivity (Wildman–Crippen MR) is 128 cm³/mol. The van der Waals surface area contributed by atoms with Crippen LogP contribution in [0.1, 0.15) is 34.3 Å². The van der Waals surface area contributed by atoms with Gasteiger partial charge in [0.05, 0.1) is 6.21 Å². The van der Waals surface area contributed by atoms with Gasteiger partial charge in [-0.25, -0.2) is 5.43 Å². The van der Waals surface area contributed by atoms with Gasteiger partial charge in [-0.15, -0.1) is 0 Å². The average Bonchev–Trinajstić information content (AvgIpc) is 3.35. The summed E-state index contributed by atoms with van der Waals surface area (Å²) in [4.78, 5) is 14.6. The Bertz CT molecular complexity index is 1030. The molecule has 1 aliphatic rings. The van der Waals surface area contributed by atoms with Crippen molar-refractivity contribution < 1.29 is 9.53 Å². The van der Waals surface area contributed by atoms with E-state index >= 15 is 0 Å². The molecule has 4 rings (SSSR count). The van der Waals surface area contributed by atoms with Gasteiger partial charge in [-0.3, -0.25) is 4.79 Å². The van der Waals surface area contributed by atoms with E-state index in [0.29, 0.717) is 12.2 Å². The molecule has 6 heteroatoms. The molecule has 0 spiro atoms. The number of hydrogen-bond donors (Lipinski definition) is 1. The number of anilines is 1. The number of rotatable bonds is 7. The van der Waals surface area contributed by atoms with Crippen LogP contribution in [0.3, 0.4) is 0 Å². The maximum absolute atomic E-state index is 12.3. The number of carbonyl (C=O) groups is 1. The lowest BCUT2D eigenvalue weighted by atomic mass is 10.2. The fourth-order valence-electron chi connectivity index (χ4n) is 3.43. The van der Waals surface area contributed by atoms with E-state index in [1.807, 2.05) is 72.8 Å². The molecule has 0 bridgehead atoms. The van der Waals surface area contributed by atoms with Crippen LogP contribution < -0.4 is 15.1 Å². The summed E-state index contributed by atoms with van der Waals surface area (Å²) in [7, 11) is 0. The first-order chi connectivity index (χ1) is 15.2. The summed E-state index contributed by atoms with van der Waals surface area (Å²) in [5.74, 6) is 0.556. The van der Waals surface area contributed by atoms with E-state index in [9.17, 15) is 4.79 Å². The average molecular weight is 478 g/mol. The van der Waals surface area contributed by atoms with E-state index in [4.69, 9.17) is 4.74 Å². The van der Waals surface area contributed by atoms with E-state index in [-0.39, 0.29) is 5.91 Å². The topological polar surface area (TPSA) is 53.9 Å². The molecule has 1 N–H and O–H groups in total. The van der Waals surface area contributed by atoms with Gasteiger partial charge in [0.1, 0.15) is 12.4 Å². The molecule has 1 aliphatic heterocycles. The van der Waals surface area contributed by atoms with Crippen molar-refractivity contribution >= 4 is 33.7 Å². The molecule has 1 fully saturated rings. The van der Waals surface area contributed by atoms with Crippen molar-refractivity contribution in [3.05, 3.63) is 94.0 Å². The number of benzene rings is 3. The SMILES string of the molecule is O=C(N/N=C\c1ccc(OCc2ccc(Br)cc2)cc1)c1ccc(N2CCCC2)cc1. The van der Waals surface area contributed by atoms with Crippen LogP contribution >= 0.6 is 15.9 Å². The van der Waals surface area contributed by atoms with Crippen molar-refractivity contribution in [2.24, 2.45) is 5.10 Å². The maximum atomic E-state index is 12.3. The van der Waals surface area contributed by atoms with Gasteiger partial charge in [0.25, 0.3) is 5.91 Å².